The average Bonchev–Trinajstić information content (AvgIpc) is 2.91. The molecule has 0 aliphatic carbocycles. The first-order valence-corrected chi connectivity index (χ1v) is 13.4. The molecule has 2 amide bonds. The molecule has 0 heterocycles. The van der Waals surface area contributed by atoms with Crippen LogP contribution in [0.5, 0.6) is 0 Å². The predicted molar refractivity (Wildman–Crippen MR) is 153 cm³/mol. The molecule has 7 nitrogen and oxygen atoms in total. The summed E-state index contributed by atoms with van der Waals surface area (Å²) in [6.45, 7) is 4.12. The Morgan fingerprint density at radius 2 is 1.38 bits per heavy atom. The van der Waals surface area contributed by atoms with E-state index >= 15 is 0 Å². The zero-order chi connectivity index (χ0) is 28.4. The summed E-state index contributed by atoms with van der Waals surface area (Å²) in [6.07, 6.45) is 0.946. The second-order valence-electron chi connectivity index (χ2n) is 10.1. The van der Waals surface area contributed by atoms with E-state index < -0.39 is 29.9 Å². The first kappa shape index (κ1) is 29.7. The lowest BCUT2D eigenvalue weighted by molar-refractivity contribution is -0.142. The van der Waals surface area contributed by atoms with E-state index in [9.17, 15) is 24.6 Å². The van der Waals surface area contributed by atoms with E-state index in [0.717, 1.165) is 22.3 Å². The van der Waals surface area contributed by atoms with Gasteiger partial charge in [-0.15, -0.1) is 0 Å². The van der Waals surface area contributed by atoms with E-state index in [4.69, 9.17) is 11.6 Å². The largest absolute Gasteiger partial charge is 0.481 e. The molecule has 2 atom stereocenters. The number of aryl methyl sites for hydroxylation is 1. The normalized spacial score (nSPS) is 12.5. The fraction of sp³-hybridized carbons (Fsp3) is 0.323. The molecule has 0 aliphatic rings. The molecule has 3 aromatic carbocycles. The van der Waals surface area contributed by atoms with E-state index in [1.165, 1.54) is 4.90 Å². The van der Waals surface area contributed by atoms with Crippen molar-refractivity contribution >= 4 is 29.6 Å². The van der Waals surface area contributed by atoms with E-state index in [-0.39, 0.29) is 18.9 Å². The Labute approximate surface area is 234 Å². The highest BCUT2D eigenvalue weighted by atomic mass is 35.5. The van der Waals surface area contributed by atoms with Crippen molar-refractivity contribution in [2.75, 3.05) is 13.1 Å². The number of carboxylic acid groups (broad SMARTS) is 2. The van der Waals surface area contributed by atoms with Crippen LogP contribution in [0, 0.1) is 11.8 Å². The van der Waals surface area contributed by atoms with Crippen LogP contribution in [0.15, 0.2) is 78.9 Å². The lowest BCUT2D eigenvalue weighted by atomic mass is 9.98. The predicted octanol–water partition coefficient (Wildman–Crippen LogP) is 6.00. The molecular weight excluding hydrogens is 516 g/mol. The summed E-state index contributed by atoms with van der Waals surface area (Å²) < 4.78 is 0. The molecule has 0 aliphatic heterocycles. The second-order valence-corrected chi connectivity index (χ2v) is 10.5. The number of benzene rings is 3. The third kappa shape index (κ3) is 9.45. The SMILES string of the molecule is CC(C)CN(CC(CCc1ccc(Cl)cc1)C(=O)O)C(=O)N[C@@H](Cc1ccc(-c2ccccc2)cc1)C(=O)O. The van der Waals surface area contributed by atoms with Crippen LogP contribution in [0.3, 0.4) is 0 Å². The summed E-state index contributed by atoms with van der Waals surface area (Å²) in [5.74, 6) is -2.90. The summed E-state index contributed by atoms with van der Waals surface area (Å²) in [5, 5.41) is 22.9. The summed E-state index contributed by atoms with van der Waals surface area (Å²) in [5.41, 5.74) is 3.79. The maximum absolute atomic E-state index is 13.2. The monoisotopic (exact) mass is 550 g/mol. The van der Waals surface area contributed by atoms with Crippen molar-refractivity contribution < 1.29 is 24.6 Å². The molecule has 39 heavy (non-hydrogen) atoms. The van der Waals surface area contributed by atoms with Crippen LogP contribution in [-0.2, 0) is 22.4 Å². The number of hydrogen-bond donors (Lipinski definition) is 3. The van der Waals surface area contributed by atoms with E-state index in [2.05, 4.69) is 5.32 Å². The minimum Gasteiger partial charge on any atom is -0.481 e. The lowest BCUT2D eigenvalue weighted by Gasteiger charge is -2.29. The Morgan fingerprint density at radius 3 is 1.95 bits per heavy atom. The summed E-state index contributed by atoms with van der Waals surface area (Å²) in [7, 11) is 0. The number of carboxylic acids is 2. The lowest BCUT2D eigenvalue weighted by Crippen LogP contribution is -2.51. The minimum atomic E-state index is -1.16. The summed E-state index contributed by atoms with van der Waals surface area (Å²) >= 11 is 5.94. The van der Waals surface area contributed by atoms with Gasteiger partial charge in [0.25, 0.3) is 0 Å². The Bertz CT molecular complexity index is 1230. The Hall–Kier alpha value is -3.84. The Kier molecular flexibility index (Phi) is 10.9. The van der Waals surface area contributed by atoms with Crippen molar-refractivity contribution in [1.82, 2.24) is 10.2 Å². The molecular formula is C31H35ClN2O5. The van der Waals surface area contributed by atoms with Gasteiger partial charge in [0.05, 0.1) is 5.92 Å². The van der Waals surface area contributed by atoms with Gasteiger partial charge in [0.2, 0.25) is 0 Å². The quantitative estimate of drug-likeness (QED) is 0.242. The number of urea groups is 1. The number of carbonyl (C=O) groups is 3. The highest BCUT2D eigenvalue weighted by Gasteiger charge is 2.28. The van der Waals surface area contributed by atoms with Crippen LogP contribution in [0.2, 0.25) is 5.02 Å². The molecule has 0 saturated carbocycles. The van der Waals surface area contributed by atoms with Gasteiger partial charge in [0.1, 0.15) is 6.04 Å². The zero-order valence-electron chi connectivity index (χ0n) is 22.2. The summed E-state index contributed by atoms with van der Waals surface area (Å²) in [4.78, 5) is 38.7. The smallest absolute Gasteiger partial charge is 0.326 e. The van der Waals surface area contributed by atoms with Gasteiger partial charge in [0.15, 0.2) is 0 Å². The molecule has 3 aromatic rings. The molecule has 8 heteroatoms. The van der Waals surface area contributed by atoms with Crippen molar-refractivity contribution in [3.8, 4) is 11.1 Å². The number of halogens is 1. The van der Waals surface area contributed by atoms with E-state index in [1.54, 1.807) is 12.1 Å². The maximum Gasteiger partial charge on any atom is 0.326 e. The molecule has 3 rings (SSSR count). The molecule has 0 aromatic heterocycles. The molecule has 0 bridgehead atoms. The molecule has 0 fully saturated rings. The topological polar surface area (TPSA) is 107 Å². The summed E-state index contributed by atoms with van der Waals surface area (Å²) in [6, 6.07) is 22.9. The van der Waals surface area contributed by atoms with E-state index in [1.807, 2.05) is 80.6 Å². The number of nitrogens with zero attached hydrogens (tertiary/aromatic N) is 1. The van der Waals surface area contributed by atoms with Gasteiger partial charge in [-0.1, -0.05) is 92.2 Å². The number of rotatable bonds is 13. The van der Waals surface area contributed by atoms with Crippen molar-refractivity contribution in [3.05, 3.63) is 95.0 Å². The van der Waals surface area contributed by atoms with Crippen LogP contribution >= 0.6 is 11.6 Å². The molecule has 0 spiro atoms. The average molecular weight is 551 g/mol. The maximum atomic E-state index is 13.2. The molecule has 1 unspecified atom stereocenters. The van der Waals surface area contributed by atoms with Crippen LogP contribution in [0.25, 0.3) is 11.1 Å². The Morgan fingerprint density at radius 1 is 0.795 bits per heavy atom. The number of carbonyl (C=O) groups excluding carboxylic acids is 1. The fourth-order valence-electron chi connectivity index (χ4n) is 4.37. The molecule has 206 valence electrons. The van der Waals surface area contributed by atoms with Crippen molar-refractivity contribution in [1.29, 1.82) is 0 Å². The first-order chi connectivity index (χ1) is 18.6. The first-order valence-electron chi connectivity index (χ1n) is 13.0. The second kappa shape index (κ2) is 14.4. The van der Waals surface area contributed by atoms with E-state index in [0.29, 0.717) is 24.4 Å². The molecule has 0 saturated heterocycles. The van der Waals surface area contributed by atoms with Gasteiger partial charge in [-0.2, -0.15) is 0 Å². The van der Waals surface area contributed by atoms with Gasteiger partial charge in [-0.3, -0.25) is 4.79 Å². The third-order valence-corrected chi connectivity index (χ3v) is 6.71. The highest BCUT2D eigenvalue weighted by molar-refractivity contribution is 6.30. The van der Waals surface area contributed by atoms with Gasteiger partial charge in [-0.25, -0.2) is 9.59 Å². The van der Waals surface area contributed by atoms with Gasteiger partial charge in [-0.05, 0) is 53.1 Å². The van der Waals surface area contributed by atoms with Crippen molar-refractivity contribution in [3.63, 3.8) is 0 Å². The van der Waals surface area contributed by atoms with Crippen LogP contribution < -0.4 is 5.32 Å². The van der Waals surface area contributed by atoms with Crippen molar-refractivity contribution in [2.45, 2.75) is 39.2 Å². The number of nitrogens with one attached hydrogen (secondary N) is 1. The standard InChI is InChI=1S/C31H35ClN2O5/c1-21(2)19-34(20-26(29(35)36)15-8-22-11-16-27(32)17-12-22)31(39)33-28(30(37)38)18-23-9-13-25(14-10-23)24-6-4-3-5-7-24/h3-7,9-14,16-17,21,26,28H,8,15,18-20H2,1-2H3,(H,33,39)(H,35,36)(H,37,38)/t26?,28-/m0/s1. The highest BCUT2D eigenvalue weighted by Crippen LogP contribution is 2.20. The Balaban J connectivity index is 1.67. The molecule has 3 N–H and O–H groups in total. The number of amides is 2. The number of hydrogen-bond acceptors (Lipinski definition) is 3. The van der Waals surface area contributed by atoms with Gasteiger partial charge < -0.3 is 20.4 Å². The fourth-order valence-corrected chi connectivity index (χ4v) is 4.50. The van der Waals surface area contributed by atoms with Crippen LogP contribution in [0.1, 0.15) is 31.4 Å². The minimum absolute atomic E-state index is 0.0228. The van der Waals surface area contributed by atoms with Crippen molar-refractivity contribution in [2.24, 2.45) is 11.8 Å². The molecule has 0 radical (unpaired) electrons. The van der Waals surface area contributed by atoms with Gasteiger partial charge >= 0.3 is 18.0 Å². The third-order valence-electron chi connectivity index (χ3n) is 6.45. The number of aliphatic carboxylic acids is 2. The zero-order valence-corrected chi connectivity index (χ0v) is 23.0. The van der Waals surface area contributed by atoms with Gasteiger partial charge in [0, 0.05) is 24.5 Å². The van der Waals surface area contributed by atoms with Crippen LogP contribution in [-0.4, -0.2) is 52.2 Å². The van der Waals surface area contributed by atoms with Crippen LogP contribution in [0.4, 0.5) is 4.79 Å².